The minimum Gasteiger partial charge on any atom is -0.214 e. The third-order valence-electron chi connectivity index (χ3n) is 0.389. The molecule has 0 aliphatic heterocycles. The molecular formula is H4N2O6S3. The van der Waals surface area contributed by atoms with Crippen LogP contribution < -0.4 is 8.25 Å². The van der Waals surface area contributed by atoms with Crippen molar-refractivity contribution >= 4 is 32.0 Å². The molecule has 0 aliphatic carbocycles. The smallest absolute Gasteiger partial charge is 0.214 e. The summed E-state index contributed by atoms with van der Waals surface area (Å²) in [6.07, 6.45) is 0. The zero-order valence-electron chi connectivity index (χ0n) is 4.75. The molecule has 0 saturated carbocycles. The van der Waals surface area contributed by atoms with E-state index in [2.05, 4.69) is 0 Å². The van der Waals surface area contributed by atoms with Crippen molar-refractivity contribution in [2.75, 3.05) is 0 Å². The number of thiol groups is 2. The van der Waals surface area contributed by atoms with Crippen LogP contribution in [0.2, 0.25) is 0 Å². The number of nitrogens with one attached hydrogen (secondary N) is 2. The zero-order chi connectivity index (χ0) is 9.07. The highest BCUT2D eigenvalue weighted by Gasteiger charge is 2.09. The van der Waals surface area contributed by atoms with Crippen LogP contribution in [-0.2, 0) is 32.0 Å². The summed E-state index contributed by atoms with van der Waals surface area (Å²) in [4.78, 5) is 0. The Morgan fingerprint density at radius 1 is 0.818 bits per heavy atom. The molecule has 0 saturated heterocycles. The molecule has 68 valence electrons. The molecule has 0 amide bonds. The monoisotopic (exact) mass is 224 g/mol. The maximum Gasteiger partial charge on any atom is 0.302 e. The van der Waals surface area contributed by atoms with Gasteiger partial charge in [-0.2, -0.15) is 8.42 Å². The van der Waals surface area contributed by atoms with Crippen LogP contribution in [-0.4, -0.2) is 25.3 Å². The Morgan fingerprint density at radius 3 is 1.27 bits per heavy atom. The molecule has 11 heavy (non-hydrogen) atoms. The molecule has 0 aliphatic rings. The Balaban J connectivity index is 4.50. The second-order valence-electron chi connectivity index (χ2n) is 1.20. The summed E-state index contributed by atoms with van der Waals surface area (Å²) < 4.78 is 61.3. The Bertz CT molecular complexity index is 309. The van der Waals surface area contributed by atoms with Gasteiger partial charge in [-0.1, -0.05) is 8.25 Å². The lowest BCUT2D eigenvalue weighted by Crippen LogP contribution is -2.34. The van der Waals surface area contributed by atoms with Gasteiger partial charge in [0, 0.05) is 0 Å². The third-order valence-corrected chi connectivity index (χ3v) is 3.50. The summed E-state index contributed by atoms with van der Waals surface area (Å²) in [7, 11) is -11.2. The number of hydrogen-bond acceptors (Lipinski definition) is 6. The fraction of sp³-hybridized carbons (Fsp3) is 0. The predicted molar refractivity (Wildman–Crippen MR) is 35.8 cm³/mol. The van der Waals surface area contributed by atoms with E-state index in [1.165, 1.54) is 0 Å². The van der Waals surface area contributed by atoms with E-state index in [0.29, 0.717) is 0 Å². The highest BCUT2D eigenvalue weighted by Crippen LogP contribution is 1.72. The SMILES string of the molecule is O=[SH](=O)NS(=O)(=O)N[SH](=O)=O. The van der Waals surface area contributed by atoms with E-state index < -0.39 is 32.0 Å². The molecule has 0 aromatic heterocycles. The summed E-state index contributed by atoms with van der Waals surface area (Å²) in [6, 6.07) is 0. The molecule has 0 aromatic carbocycles. The van der Waals surface area contributed by atoms with Crippen LogP contribution in [0, 0.1) is 0 Å². The van der Waals surface area contributed by atoms with Crippen molar-refractivity contribution in [1.82, 2.24) is 8.25 Å². The van der Waals surface area contributed by atoms with Crippen molar-refractivity contribution in [2.24, 2.45) is 0 Å². The van der Waals surface area contributed by atoms with E-state index in [1.807, 2.05) is 0 Å². The molecule has 0 bridgehead atoms. The first-order valence-electron chi connectivity index (χ1n) is 1.92. The van der Waals surface area contributed by atoms with Crippen LogP contribution in [0.1, 0.15) is 0 Å². The van der Waals surface area contributed by atoms with Crippen LogP contribution in [0.25, 0.3) is 0 Å². The van der Waals surface area contributed by atoms with Crippen LogP contribution in [0.4, 0.5) is 0 Å². The van der Waals surface area contributed by atoms with E-state index in [4.69, 9.17) is 0 Å². The van der Waals surface area contributed by atoms with Crippen molar-refractivity contribution in [1.29, 1.82) is 0 Å². The standard InChI is InChI=1S/H4N2O6S3/c3-9(4)1-11(7,8)2-10(5)6/h9-10H,(H,1,3,4)(H,2,5,6). The molecule has 0 atom stereocenters. The van der Waals surface area contributed by atoms with E-state index in [9.17, 15) is 25.3 Å². The van der Waals surface area contributed by atoms with Crippen molar-refractivity contribution in [3.05, 3.63) is 0 Å². The fourth-order valence-corrected chi connectivity index (χ4v) is 2.32. The number of hydrogen-bond donors (Lipinski definition) is 4. The lowest BCUT2D eigenvalue weighted by atomic mass is 13.8. The van der Waals surface area contributed by atoms with Gasteiger partial charge in [0.15, 0.2) is 0 Å². The molecule has 0 aromatic rings. The van der Waals surface area contributed by atoms with Gasteiger partial charge in [0.25, 0.3) is 0 Å². The largest absolute Gasteiger partial charge is 0.302 e. The first-order valence-corrected chi connectivity index (χ1v) is 5.76. The Hall–Kier alpha value is -0.230. The van der Waals surface area contributed by atoms with E-state index in [0.717, 1.165) is 8.25 Å². The normalized spacial score (nSPS) is 12.5. The molecule has 8 nitrogen and oxygen atoms in total. The second kappa shape index (κ2) is 3.96. The Morgan fingerprint density at radius 2 is 1.09 bits per heavy atom. The Kier molecular flexibility index (Phi) is 3.88. The van der Waals surface area contributed by atoms with Gasteiger partial charge in [-0.05, 0) is 0 Å². The summed E-state index contributed by atoms with van der Waals surface area (Å²) in [5.41, 5.74) is 0. The average molecular weight is 224 g/mol. The van der Waals surface area contributed by atoms with Crippen LogP contribution in [0.15, 0.2) is 0 Å². The molecule has 11 heteroatoms. The molecule has 2 N–H and O–H groups in total. The van der Waals surface area contributed by atoms with E-state index in [-0.39, 0.29) is 0 Å². The molecule has 0 spiro atoms. The minimum absolute atomic E-state index is 0.981. The topological polar surface area (TPSA) is 126 Å². The predicted octanol–water partition coefficient (Wildman–Crippen LogP) is -3.54. The van der Waals surface area contributed by atoms with Gasteiger partial charge in [0.1, 0.15) is 0 Å². The average Bonchev–Trinajstić information content (AvgIpc) is 1.53. The van der Waals surface area contributed by atoms with Crippen molar-refractivity contribution < 1.29 is 25.3 Å². The first kappa shape index (κ1) is 10.8. The lowest BCUT2D eigenvalue weighted by Gasteiger charge is -1.93. The fourth-order valence-electron chi connectivity index (χ4n) is 0.217. The molecule has 0 radical (unpaired) electrons. The van der Waals surface area contributed by atoms with Crippen molar-refractivity contribution in [3.63, 3.8) is 0 Å². The van der Waals surface area contributed by atoms with Gasteiger partial charge < -0.3 is 0 Å². The molecule has 0 unspecified atom stereocenters. The van der Waals surface area contributed by atoms with Gasteiger partial charge in [0.2, 0.25) is 21.8 Å². The molecule has 0 rings (SSSR count). The van der Waals surface area contributed by atoms with Gasteiger partial charge in [-0.25, -0.2) is 16.8 Å². The van der Waals surface area contributed by atoms with Crippen LogP contribution in [0.3, 0.4) is 0 Å². The third kappa shape index (κ3) is 6.18. The van der Waals surface area contributed by atoms with E-state index >= 15 is 0 Å². The van der Waals surface area contributed by atoms with Crippen molar-refractivity contribution in [2.45, 2.75) is 0 Å². The summed E-state index contributed by atoms with van der Waals surface area (Å²) in [5, 5.41) is 0. The lowest BCUT2D eigenvalue weighted by molar-refractivity contribution is 0.578. The van der Waals surface area contributed by atoms with Crippen LogP contribution >= 0.6 is 0 Å². The summed E-state index contributed by atoms with van der Waals surface area (Å²) in [5.74, 6) is 0. The molecule has 0 fully saturated rings. The molecular weight excluding hydrogens is 220 g/mol. The van der Waals surface area contributed by atoms with Gasteiger partial charge in [-0.3, -0.25) is 0 Å². The van der Waals surface area contributed by atoms with Crippen molar-refractivity contribution in [3.8, 4) is 0 Å². The second-order valence-corrected chi connectivity index (χ2v) is 4.70. The minimum atomic E-state index is -4.47. The van der Waals surface area contributed by atoms with Crippen LogP contribution in [0.5, 0.6) is 0 Å². The maximum absolute atomic E-state index is 10.3. The van der Waals surface area contributed by atoms with Gasteiger partial charge in [0.05, 0.1) is 0 Å². The zero-order valence-corrected chi connectivity index (χ0v) is 7.36. The highest BCUT2D eigenvalue weighted by molar-refractivity contribution is 8.02. The Labute approximate surface area is 66.0 Å². The highest BCUT2D eigenvalue weighted by atomic mass is 32.3. The maximum atomic E-state index is 10.3. The number of rotatable bonds is 4. The van der Waals surface area contributed by atoms with Gasteiger partial charge in [-0.15, -0.1) is 0 Å². The first-order chi connectivity index (χ1) is 4.83. The summed E-state index contributed by atoms with van der Waals surface area (Å²) >= 11 is 0. The van der Waals surface area contributed by atoms with Gasteiger partial charge >= 0.3 is 10.2 Å². The quantitative estimate of drug-likeness (QED) is 0.366. The van der Waals surface area contributed by atoms with E-state index in [1.54, 1.807) is 0 Å². The summed E-state index contributed by atoms with van der Waals surface area (Å²) in [6.45, 7) is 0. The molecule has 0 heterocycles.